The maximum Gasteiger partial charge on any atom is 0.161 e. The Balaban J connectivity index is 1.76. The molecule has 1 aromatic carbocycles. The number of nitrogens with zero attached hydrogens (tertiary/aromatic N) is 4. The number of hydrogen-bond acceptors (Lipinski definition) is 4. The summed E-state index contributed by atoms with van der Waals surface area (Å²) in [6.45, 7) is 9.02. The van der Waals surface area contributed by atoms with E-state index in [4.69, 9.17) is 9.97 Å². The molecule has 4 nitrogen and oxygen atoms in total. The lowest BCUT2D eigenvalue weighted by Crippen LogP contribution is -2.36. The summed E-state index contributed by atoms with van der Waals surface area (Å²) >= 11 is 0. The van der Waals surface area contributed by atoms with Crippen molar-refractivity contribution in [2.45, 2.75) is 32.2 Å². The fourth-order valence-corrected chi connectivity index (χ4v) is 3.87. The summed E-state index contributed by atoms with van der Waals surface area (Å²) in [5, 5.41) is 0. The first-order valence-electron chi connectivity index (χ1n) is 9.38. The van der Waals surface area contributed by atoms with Crippen LogP contribution in [0.3, 0.4) is 0 Å². The third kappa shape index (κ3) is 3.45. The molecule has 0 saturated carbocycles. The number of rotatable bonds is 4. The number of aromatic nitrogens is 2. The summed E-state index contributed by atoms with van der Waals surface area (Å²) in [6.07, 6.45) is 6.83. The van der Waals surface area contributed by atoms with E-state index >= 15 is 0 Å². The van der Waals surface area contributed by atoms with Gasteiger partial charge in [-0.3, -0.25) is 4.90 Å². The van der Waals surface area contributed by atoms with Gasteiger partial charge in [0.25, 0.3) is 0 Å². The van der Waals surface area contributed by atoms with Gasteiger partial charge >= 0.3 is 0 Å². The number of anilines is 1. The summed E-state index contributed by atoms with van der Waals surface area (Å²) in [5.41, 5.74) is 3.67. The van der Waals surface area contributed by atoms with E-state index in [2.05, 4.69) is 40.6 Å². The Bertz CT molecular complexity index is 735. The first kappa shape index (κ1) is 16.3. The Morgan fingerprint density at radius 1 is 1.00 bits per heavy atom. The molecule has 0 aliphatic carbocycles. The molecule has 1 saturated heterocycles. The van der Waals surface area contributed by atoms with Gasteiger partial charge in [0.1, 0.15) is 5.82 Å². The summed E-state index contributed by atoms with van der Waals surface area (Å²) in [5.74, 6) is 2.04. The molecule has 2 aliphatic rings. The van der Waals surface area contributed by atoms with Gasteiger partial charge in [0.05, 0.1) is 5.69 Å². The standard InChI is InChI=1S/C21H26N4/c1-2-12-24-15-11-19-18(16-24)21(25-13-7-4-8-14-25)23-20(22-19)17-9-5-3-6-10-17/h2-3,5-6,9-10H,1,4,7-8,11-16H2. The third-order valence-corrected chi connectivity index (χ3v) is 5.19. The lowest BCUT2D eigenvalue weighted by atomic mass is 10.0. The van der Waals surface area contributed by atoms with Crippen LogP contribution in [0, 0.1) is 0 Å². The van der Waals surface area contributed by atoms with Gasteiger partial charge in [0.15, 0.2) is 5.82 Å². The Labute approximate surface area is 150 Å². The van der Waals surface area contributed by atoms with Gasteiger partial charge in [-0.25, -0.2) is 9.97 Å². The van der Waals surface area contributed by atoms with Crippen molar-refractivity contribution in [2.75, 3.05) is 31.1 Å². The van der Waals surface area contributed by atoms with Gasteiger partial charge in [0.2, 0.25) is 0 Å². The number of benzene rings is 1. The van der Waals surface area contributed by atoms with Crippen LogP contribution in [0.15, 0.2) is 43.0 Å². The third-order valence-electron chi connectivity index (χ3n) is 5.19. The topological polar surface area (TPSA) is 32.3 Å². The van der Waals surface area contributed by atoms with Crippen molar-refractivity contribution in [1.29, 1.82) is 0 Å². The maximum absolute atomic E-state index is 5.04. The Morgan fingerprint density at radius 2 is 1.80 bits per heavy atom. The highest BCUT2D eigenvalue weighted by atomic mass is 15.2. The molecule has 0 atom stereocenters. The molecule has 2 aromatic rings. The molecule has 0 unspecified atom stereocenters. The van der Waals surface area contributed by atoms with Gasteiger partial charge in [-0.15, -0.1) is 6.58 Å². The largest absolute Gasteiger partial charge is 0.356 e. The van der Waals surface area contributed by atoms with E-state index in [-0.39, 0.29) is 0 Å². The first-order chi connectivity index (χ1) is 12.3. The normalized spacial score (nSPS) is 18.0. The van der Waals surface area contributed by atoms with Crippen LogP contribution in [0.1, 0.15) is 30.5 Å². The average molecular weight is 334 g/mol. The molecule has 0 N–H and O–H groups in total. The Hall–Kier alpha value is -2.20. The van der Waals surface area contributed by atoms with Crippen molar-refractivity contribution in [2.24, 2.45) is 0 Å². The van der Waals surface area contributed by atoms with E-state index in [1.165, 1.54) is 30.5 Å². The minimum Gasteiger partial charge on any atom is -0.356 e. The summed E-state index contributed by atoms with van der Waals surface area (Å²) in [4.78, 5) is 14.9. The van der Waals surface area contributed by atoms with Gasteiger partial charge < -0.3 is 4.90 Å². The van der Waals surface area contributed by atoms with Crippen LogP contribution in [0.25, 0.3) is 11.4 Å². The predicted molar refractivity (Wildman–Crippen MR) is 103 cm³/mol. The number of hydrogen-bond donors (Lipinski definition) is 0. The highest BCUT2D eigenvalue weighted by Crippen LogP contribution is 2.31. The number of fused-ring (bicyclic) bond motifs is 1. The minimum absolute atomic E-state index is 0.872. The van der Waals surface area contributed by atoms with E-state index in [1.807, 2.05) is 12.1 Å². The van der Waals surface area contributed by atoms with Crippen LogP contribution in [0.4, 0.5) is 5.82 Å². The van der Waals surface area contributed by atoms with Crippen molar-refractivity contribution < 1.29 is 0 Å². The molecule has 25 heavy (non-hydrogen) atoms. The lowest BCUT2D eigenvalue weighted by molar-refractivity contribution is 0.279. The second-order valence-corrected chi connectivity index (χ2v) is 6.98. The smallest absolute Gasteiger partial charge is 0.161 e. The molecule has 0 amide bonds. The fourth-order valence-electron chi connectivity index (χ4n) is 3.87. The molecule has 1 fully saturated rings. The summed E-state index contributed by atoms with van der Waals surface area (Å²) < 4.78 is 0. The van der Waals surface area contributed by atoms with Crippen molar-refractivity contribution in [3.63, 3.8) is 0 Å². The minimum atomic E-state index is 0.872. The first-order valence-corrected chi connectivity index (χ1v) is 9.38. The van der Waals surface area contributed by atoms with Crippen molar-refractivity contribution >= 4 is 5.82 Å². The van der Waals surface area contributed by atoms with E-state index in [1.54, 1.807) is 0 Å². The van der Waals surface area contributed by atoms with E-state index in [0.717, 1.165) is 56.4 Å². The average Bonchev–Trinajstić information content (AvgIpc) is 2.69. The highest BCUT2D eigenvalue weighted by Gasteiger charge is 2.25. The predicted octanol–water partition coefficient (Wildman–Crippen LogP) is 3.68. The molecule has 3 heterocycles. The van der Waals surface area contributed by atoms with Crippen LogP contribution in [-0.4, -0.2) is 41.0 Å². The SMILES string of the molecule is C=CCN1CCc2nc(-c3ccccc3)nc(N3CCCCC3)c2C1. The van der Waals surface area contributed by atoms with Crippen LogP contribution in [0.5, 0.6) is 0 Å². The van der Waals surface area contributed by atoms with Gasteiger partial charge in [-0.1, -0.05) is 36.4 Å². The quantitative estimate of drug-likeness (QED) is 0.799. The summed E-state index contributed by atoms with van der Waals surface area (Å²) in [7, 11) is 0. The van der Waals surface area contributed by atoms with Gasteiger partial charge in [-0.05, 0) is 19.3 Å². The molecule has 4 rings (SSSR count). The van der Waals surface area contributed by atoms with Crippen LogP contribution in [-0.2, 0) is 13.0 Å². The zero-order chi connectivity index (χ0) is 17.1. The van der Waals surface area contributed by atoms with Crippen molar-refractivity contribution in [1.82, 2.24) is 14.9 Å². The van der Waals surface area contributed by atoms with Crippen molar-refractivity contribution in [3.8, 4) is 11.4 Å². The highest BCUT2D eigenvalue weighted by molar-refractivity contribution is 5.61. The van der Waals surface area contributed by atoms with Gasteiger partial charge in [0, 0.05) is 50.3 Å². The van der Waals surface area contributed by atoms with Crippen LogP contribution in [0.2, 0.25) is 0 Å². The zero-order valence-corrected chi connectivity index (χ0v) is 14.8. The van der Waals surface area contributed by atoms with E-state index in [9.17, 15) is 0 Å². The second kappa shape index (κ2) is 7.36. The monoisotopic (exact) mass is 334 g/mol. The maximum atomic E-state index is 5.04. The lowest BCUT2D eigenvalue weighted by Gasteiger charge is -2.34. The van der Waals surface area contributed by atoms with E-state index < -0.39 is 0 Å². The Morgan fingerprint density at radius 3 is 2.56 bits per heavy atom. The molecule has 1 aromatic heterocycles. The second-order valence-electron chi connectivity index (χ2n) is 6.98. The summed E-state index contributed by atoms with van der Waals surface area (Å²) in [6, 6.07) is 10.4. The van der Waals surface area contributed by atoms with E-state index in [0.29, 0.717) is 0 Å². The Kier molecular flexibility index (Phi) is 4.79. The molecule has 0 spiro atoms. The van der Waals surface area contributed by atoms with Crippen LogP contribution >= 0.6 is 0 Å². The zero-order valence-electron chi connectivity index (χ0n) is 14.8. The fraction of sp³-hybridized carbons (Fsp3) is 0.429. The number of piperidine rings is 1. The molecule has 0 bridgehead atoms. The molecule has 4 heteroatoms. The molecule has 2 aliphatic heterocycles. The molecule has 130 valence electrons. The van der Waals surface area contributed by atoms with Crippen molar-refractivity contribution in [3.05, 3.63) is 54.2 Å². The van der Waals surface area contributed by atoms with Gasteiger partial charge in [-0.2, -0.15) is 0 Å². The molecular formula is C21H26N4. The van der Waals surface area contributed by atoms with Crippen LogP contribution < -0.4 is 4.90 Å². The molecule has 0 radical (unpaired) electrons. The molecular weight excluding hydrogens is 308 g/mol.